The minimum absolute atomic E-state index is 0.163. The zero-order valence-electron chi connectivity index (χ0n) is 8.96. The number of hydrogen-bond donors (Lipinski definition) is 1. The third-order valence-corrected chi connectivity index (χ3v) is 3.41. The van der Waals surface area contributed by atoms with Gasteiger partial charge in [-0.25, -0.2) is 4.39 Å². The van der Waals surface area contributed by atoms with Gasteiger partial charge in [-0.3, -0.25) is 0 Å². The molecule has 2 nitrogen and oxygen atoms in total. The molecule has 4 heteroatoms. The normalized spacial score (nSPS) is 25.7. The van der Waals surface area contributed by atoms with Crippen LogP contribution in [-0.2, 0) is 11.2 Å². The van der Waals surface area contributed by atoms with E-state index in [0.29, 0.717) is 12.5 Å². The molecule has 0 saturated carbocycles. The van der Waals surface area contributed by atoms with Gasteiger partial charge in [0.05, 0.1) is 6.61 Å². The van der Waals surface area contributed by atoms with Crippen molar-refractivity contribution in [2.45, 2.75) is 18.9 Å². The first-order chi connectivity index (χ1) is 7.65. The summed E-state index contributed by atoms with van der Waals surface area (Å²) in [5, 5.41) is 0. The van der Waals surface area contributed by atoms with Crippen LogP contribution < -0.4 is 5.73 Å². The molecule has 0 spiro atoms. The summed E-state index contributed by atoms with van der Waals surface area (Å²) in [6, 6.07) is 5.12. The molecule has 1 heterocycles. The van der Waals surface area contributed by atoms with Crippen molar-refractivity contribution in [1.82, 2.24) is 0 Å². The lowest BCUT2D eigenvalue weighted by atomic mass is 9.90. The zero-order chi connectivity index (χ0) is 11.5. The van der Waals surface area contributed by atoms with E-state index in [9.17, 15) is 4.39 Å². The Morgan fingerprint density at radius 1 is 1.44 bits per heavy atom. The lowest BCUT2D eigenvalue weighted by Gasteiger charge is -2.28. The first kappa shape index (κ1) is 12.0. The van der Waals surface area contributed by atoms with Crippen molar-refractivity contribution in [3.8, 4) is 0 Å². The zero-order valence-corrected chi connectivity index (χ0v) is 10.5. The lowest BCUT2D eigenvalue weighted by molar-refractivity contribution is 0.0422. The highest BCUT2D eigenvalue weighted by Gasteiger charge is 2.22. The molecule has 0 bridgehead atoms. The fraction of sp³-hybridized carbons (Fsp3) is 0.500. The molecule has 1 saturated heterocycles. The van der Waals surface area contributed by atoms with Crippen LogP contribution in [0.15, 0.2) is 22.7 Å². The van der Waals surface area contributed by atoms with Crippen LogP contribution in [-0.4, -0.2) is 19.3 Å². The minimum Gasteiger partial charge on any atom is -0.381 e. The van der Waals surface area contributed by atoms with Gasteiger partial charge in [-0.15, -0.1) is 0 Å². The van der Waals surface area contributed by atoms with E-state index in [-0.39, 0.29) is 11.9 Å². The Morgan fingerprint density at radius 2 is 2.25 bits per heavy atom. The molecule has 1 aromatic rings. The summed E-state index contributed by atoms with van der Waals surface area (Å²) in [5.41, 5.74) is 6.99. The van der Waals surface area contributed by atoms with E-state index >= 15 is 0 Å². The van der Waals surface area contributed by atoms with Crippen LogP contribution in [0.4, 0.5) is 4.39 Å². The monoisotopic (exact) mass is 287 g/mol. The van der Waals surface area contributed by atoms with Gasteiger partial charge in [0.15, 0.2) is 0 Å². The molecule has 0 aromatic heterocycles. The maximum atomic E-state index is 13.2. The molecule has 2 atom stereocenters. The number of rotatable bonds is 2. The van der Waals surface area contributed by atoms with E-state index in [1.54, 1.807) is 6.07 Å². The Morgan fingerprint density at radius 3 is 2.94 bits per heavy atom. The van der Waals surface area contributed by atoms with Crippen molar-refractivity contribution in [3.05, 3.63) is 34.1 Å². The third kappa shape index (κ3) is 3.03. The Bertz CT molecular complexity index is 352. The number of halogens is 2. The van der Waals surface area contributed by atoms with E-state index < -0.39 is 0 Å². The fourth-order valence-corrected chi connectivity index (χ4v) is 2.57. The van der Waals surface area contributed by atoms with E-state index in [2.05, 4.69) is 15.9 Å². The third-order valence-electron chi connectivity index (χ3n) is 2.95. The van der Waals surface area contributed by atoms with Crippen LogP contribution in [0.25, 0.3) is 0 Å². The second-order valence-corrected chi connectivity index (χ2v) is 5.19. The van der Waals surface area contributed by atoms with Crippen LogP contribution in [0, 0.1) is 11.7 Å². The molecule has 0 radical (unpaired) electrons. The molecule has 1 aliphatic heterocycles. The van der Waals surface area contributed by atoms with Gasteiger partial charge in [0.2, 0.25) is 0 Å². The van der Waals surface area contributed by atoms with Crippen molar-refractivity contribution < 1.29 is 9.13 Å². The first-order valence-electron chi connectivity index (χ1n) is 5.43. The Hall–Kier alpha value is -0.450. The van der Waals surface area contributed by atoms with Gasteiger partial charge in [0, 0.05) is 23.0 Å². The molecule has 1 aromatic carbocycles. The van der Waals surface area contributed by atoms with E-state index in [4.69, 9.17) is 10.5 Å². The van der Waals surface area contributed by atoms with Crippen molar-refractivity contribution >= 4 is 15.9 Å². The molecule has 1 fully saturated rings. The summed E-state index contributed by atoms with van der Waals surface area (Å²) < 4.78 is 19.4. The smallest absolute Gasteiger partial charge is 0.124 e. The van der Waals surface area contributed by atoms with Gasteiger partial charge in [-0.2, -0.15) is 0 Å². The Balaban J connectivity index is 2.07. The Labute approximate surface area is 103 Å². The highest BCUT2D eigenvalue weighted by molar-refractivity contribution is 9.10. The van der Waals surface area contributed by atoms with Crippen LogP contribution in [0.3, 0.4) is 0 Å². The van der Waals surface area contributed by atoms with E-state index in [1.165, 1.54) is 6.07 Å². The minimum atomic E-state index is -0.213. The second-order valence-electron chi connectivity index (χ2n) is 4.27. The quantitative estimate of drug-likeness (QED) is 0.907. The van der Waals surface area contributed by atoms with Gasteiger partial charge in [-0.05, 0) is 36.6 Å². The van der Waals surface area contributed by atoms with Gasteiger partial charge in [0.1, 0.15) is 5.82 Å². The average Bonchev–Trinajstić information content (AvgIpc) is 2.20. The number of nitrogens with two attached hydrogens (primary N) is 1. The molecule has 2 N–H and O–H groups in total. The largest absolute Gasteiger partial charge is 0.381 e. The lowest BCUT2D eigenvalue weighted by Crippen LogP contribution is -2.39. The molecule has 2 rings (SSSR count). The molecule has 88 valence electrons. The van der Waals surface area contributed by atoms with Gasteiger partial charge in [-0.1, -0.05) is 15.9 Å². The van der Waals surface area contributed by atoms with Crippen molar-refractivity contribution in [1.29, 1.82) is 0 Å². The van der Waals surface area contributed by atoms with Crippen LogP contribution in [0.1, 0.15) is 12.0 Å². The molecule has 2 unspecified atom stereocenters. The van der Waals surface area contributed by atoms with Crippen molar-refractivity contribution in [3.63, 3.8) is 0 Å². The highest BCUT2D eigenvalue weighted by Crippen LogP contribution is 2.21. The highest BCUT2D eigenvalue weighted by atomic mass is 79.9. The maximum Gasteiger partial charge on any atom is 0.124 e. The summed E-state index contributed by atoms with van der Waals surface area (Å²) in [6.45, 7) is 1.42. The van der Waals surface area contributed by atoms with Crippen LogP contribution in [0.2, 0.25) is 0 Å². The first-order valence-corrected chi connectivity index (χ1v) is 6.23. The molecule has 0 amide bonds. The molecular weight excluding hydrogens is 273 g/mol. The van der Waals surface area contributed by atoms with Crippen LogP contribution in [0.5, 0.6) is 0 Å². The number of benzene rings is 1. The topological polar surface area (TPSA) is 35.2 Å². The maximum absolute atomic E-state index is 13.2. The molecule has 16 heavy (non-hydrogen) atoms. The summed E-state index contributed by atoms with van der Waals surface area (Å²) in [5.74, 6) is 0.0807. The van der Waals surface area contributed by atoms with Gasteiger partial charge in [0.25, 0.3) is 0 Å². The predicted molar refractivity (Wildman–Crippen MR) is 64.7 cm³/mol. The summed E-state index contributed by atoms with van der Waals surface area (Å²) in [6.07, 6.45) is 1.67. The SMILES string of the molecule is NC1CCOCC1Cc1cc(F)cc(Br)c1. The van der Waals surface area contributed by atoms with Crippen molar-refractivity contribution in [2.75, 3.05) is 13.2 Å². The van der Waals surface area contributed by atoms with E-state index in [1.807, 2.05) is 6.07 Å². The summed E-state index contributed by atoms with van der Waals surface area (Å²) in [4.78, 5) is 0. The summed E-state index contributed by atoms with van der Waals surface area (Å²) in [7, 11) is 0. The standard InChI is InChI=1S/C12H15BrFNO/c13-10-4-8(5-11(14)6-10)3-9-7-16-2-1-12(9)15/h4-6,9,12H,1-3,7,15H2. The average molecular weight is 288 g/mol. The molecular formula is C12H15BrFNO. The predicted octanol–water partition coefficient (Wildman–Crippen LogP) is 2.49. The van der Waals surface area contributed by atoms with Crippen molar-refractivity contribution in [2.24, 2.45) is 11.7 Å². The number of ether oxygens (including phenoxy) is 1. The molecule has 1 aliphatic rings. The second kappa shape index (κ2) is 5.25. The van der Waals surface area contributed by atoms with Crippen LogP contribution >= 0.6 is 15.9 Å². The van der Waals surface area contributed by atoms with Gasteiger partial charge >= 0.3 is 0 Å². The van der Waals surface area contributed by atoms with Gasteiger partial charge < -0.3 is 10.5 Å². The van der Waals surface area contributed by atoms with E-state index in [0.717, 1.165) is 29.5 Å². The number of hydrogen-bond acceptors (Lipinski definition) is 2. The fourth-order valence-electron chi connectivity index (χ4n) is 2.06. The Kier molecular flexibility index (Phi) is 3.95. The summed E-state index contributed by atoms with van der Waals surface area (Å²) >= 11 is 3.29. The molecule has 0 aliphatic carbocycles.